The highest BCUT2D eigenvalue weighted by Crippen LogP contribution is 2.24. The number of halogens is 1. The molecule has 0 bridgehead atoms. The van der Waals surface area contributed by atoms with Gasteiger partial charge in [0.05, 0.1) is 5.56 Å². The number of carbonyl (C=O) groups excluding carboxylic acids is 1. The van der Waals surface area contributed by atoms with Crippen molar-refractivity contribution in [3.05, 3.63) is 22.3 Å². The number of thioether (sulfide) groups is 1. The van der Waals surface area contributed by atoms with Crippen LogP contribution in [0.3, 0.4) is 0 Å². The summed E-state index contributed by atoms with van der Waals surface area (Å²) in [6, 6.07) is 1.86. The van der Waals surface area contributed by atoms with Crippen molar-refractivity contribution in [1.82, 2.24) is 9.88 Å². The minimum atomic E-state index is 0.107. The van der Waals surface area contributed by atoms with Crippen LogP contribution in [0.25, 0.3) is 0 Å². The first-order valence-corrected chi connectivity index (χ1v) is 7.23. The second kappa shape index (κ2) is 5.19. The number of pyridine rings is 1. The van der Waals surface area contributed by atoms with Crippen molar-refractivity contribution in [1.29, 1.82) is 0 Å². The van der Waals surface area contributed by atoms with Gasteiger partial charge in [-0.3, -0.25) is 4.79 Å². The third-order valence-corrected chi connectivity index (χ3v) is 3.78. The van der Waals surface area contributed by atoms with Crippen molar-refractivity contribution in [3.63, 3.8) is 0 Å². The van der Waals surface area contributed by atoms with Gasteiger partial charge in [0.1, 0.15) is 5.03 Å². The lowest BCUT2D eigenvalue weighted by molar-refractivity contribution is 0.0788. The molecule has 1 saturated heterocycles. The highest BCUT2D eigenvalue weighted by molar-refractivity contribution is 9.10. The molecule has 3 nitrogen and oxygen atoms in total. The topological polar surface area (TPSA) is 33.2 Å². The standard InChI is InChI=1S/C11H13BrN2OS/c1-16-10-9(6-8(12)7-13-10)11(15)14-4-2-3-5-14/h6-7H,2-5H2,1H3. The second-order valence-electron chi connectivity index (χ2n) is 3.71. The molecule has 1 fully saturated rings. The van der Waals surface area contributed by atoms with Gasteiger partial charge in [0.25, 0.3) is 5.91 Å². The Bertz CT molecular complexity index is 405. The first kappa shape index (κ1) is 11.9. The Kier molecular flexibility index (Phi) is 3.86. The van der Waals surface area contributed by atoms with Gasteiger partial charge in [0.2, 0.25) is 0 Å². The normalized spacial score (nSPS) is 15.5. The fourth-order valence-electron chi connectivity index (χ4n) is 1.83. The fourth-order valence-corrected chi connectivity index (χ4v) is 2.69. The molecule has 5 heteroatoms. The highest BCUT2D eigenvalue weighted by Gasteiger charge is 2.22. The summed E-state index contributed by atoms with van der Waals surface area (Å²) in [6.45, 7) is 1.75. The molecule has 0 saturated carbocycles. The van der Waals surface area contributed by atoms with Crippen LogP contribution in [0.2, 0.25) is 0 Å². The third-order valence-electron chi connectivity index (χ3n) is 2.63. The van der Waals surface area contributed by atoms with Gasteiger partial charge >= 0.3 is 0 Å². The average Bonchev–Trinajstić information content (AvgIpc) is 2.81. The summed E-state index contributed by atoms with van der Waals surface area (Å²) in [5, 5.41) is 0.806. The largest absolute Gasteiger partial charge is 0.339 e. The molecule has 0 aromatic carbocycles. The minimum Gasteiger partial charge on any atom is -0.339 e. The van der Waals surface area contributed by atoms with Crippen LogP contribution in [0, 0.1) is 0 Å². The van der Waals surface area contributed by atoms with E-state index in [0.29, 0.717) is 5.56 Å². The molecule has 86 valence electrons. The molecular weight excluding hydrogens is 288 g/mol. The Hall–Kier alpha value is -0.550. The Balaban J connectivity index is 2.30. The smallest absolute Gasteiger partial charge is 0.256 e. The number of likely N-dealkylation sites (tertiary alicyclic amines) is 1. The lowest BCUT2D eigenvalue weighted by atomic mass is 10.2. The predicted molar refractivity (Wildman–Crippen MR) is 68.9 cm³/mol. The van der Waals surface area contributed by atoms with Crippen molar-refractivity contribution >= 4 is 33.6 Å². The molecule has 1 aromatic rings. The summed E-state index contributed by atoms with van der Waals surface area (Å²) in [5.41, 5.74) is 0.712. The van der Waals surface area contributed by atoms with Crippen molar-refractivity contribution < 1.29 is 4.79 Å². The summed E-state index contributed by atoms with van der Waals surface area (Å²) < 4.78 is 0.854. The number of nitrogens with zero attached hydrogens (tertiary/aromatic N) is 2. The van der Waals surface area contributed by atoms with Gasteiger partial charge in [-0.1, -0.05) is 0 Å². The van der Waals surface area contributed by atoms with Gasteiger partial charge < -0.3 is 4.90 Å². The van der Waals surface area contributed by atoms with E-state index in [0.717, 1.165) is 35.4 Å². The number of amides is 1. The van der Waals surface area contributed by atoms with E-state index in [1.54, 1.807) is 6.20 Å². The number of aromatic nitrogens is 1. The zero-order valence-electron chi connectivity index (χ0n) is 9.07. The summed E-state index contributed by atoms with van der Waals surface area (Å²) >= 11 is 4.87. The SMILES string of the molecule is CSc1ncc(Br)cc1C(=O)N1CCCC1. The van der Waals surface area contributed by atoms with Crippen LogP contribution in [0.1, 0.15) is 23.2 Å². The van der Waals surface area contributed by atoms with Crippen LogP contribution in [-0.2, 0) is 0 Å². The fraction of sp³-hybridized carbons (Fsp3) is 0.455. The van der Waals surface area contributed by atoms with E-state index < -0.39 is 0 Å². The minimum absolute atomic E-state index is 0.107. The zero-order valence-corrected chi connectivity index (χ0v) is 11.5. The van der Waals surface area contributed by atoms with E-state index >= 15 is 0 Å². The Morgan fingerprint density at radius 2 is 2.19 bits per heavy atom. The van der Waals surface area contributed by atoms with E-state index in [9.17, 15) is 4.79 Å². The van der Waals surface area contributed by atoms with Gasteiger partial charge in [-0.05, 0) is 41.1 Å². The summed E-state index contributed by atoms with van der Waals surface area (Å²) in [5.74, 6) is 0.107. The van der Waals surface area contributed by atoms with Crippen LogP contribution in [0.4, 0.5) is 0 Å². The van der Waals surface area contributed by atoms with E-state index in [-0.39, 0.29) is 5.91 Å². The molecule has 0 N–H and O–H groups in total. The highest BCUT2D eigenvalue weighted by atomic mass is 79.9. The molecule has 0 atom stereocenters. The van der Waals surface area contributed by atoms with E-state index in [2.05, 4.69) is 20.9 Å². The maximum absolute atomic E-state index is 12.2. The zero-order chi connectivity index (χ0) is 11.5. The van der Waals surface area contributed by atoms with Crippen LogP contribution < -0.4 is 0 Å². The first-order valence-electron chi connectivity index (χ1n) is 5.21. The van der Waals surface area contributed by atoms with Crippen molar-refractivity contribution in [2.75, 3.05) is 19.3 Å². The lowest BCUT2D eigenvalue weighted by Gasteiger charge is -2.16. The Morgan fingerprint density at radius 1 is 1.50 bits per heavy atom. The number of hydrogen-bond donors (Lipinski definition) is 0. The summed E-state index contributed by atoms with van der Waals surface area (Å²) in [4.78, 5) is 18.4. The van der Waals surface area contributed by atoms with Crippen molar-refractivity contribution in [3.8, 4) is 0 Å². The van der Waals surface area contributed by atoms with Crippen LogP contribution in [0.5, 0.6) is 0 Å². The molecule has 2 heterocycles. The molecule has 0 radical (unpaired) electrons. The van der Waals surface area contributed by atoms with Crippen LogP contribution >= 0.6 is 27.7 Å². The van der Waals surface area contributed by atoms with Crippen LogP contribution in [-0.4, -0.2) is 35.1 Å². The first-order chi connectivity index (χ1) is 7.72. The molecular formula is C11H13BrN2OS. The summed E-state index contributed by atoms with van der Waals surface area (Å²) in [6.07, 6.45) is 5.90. The molecule has 0 aliphatic carbocycles. The van der Waals surface area contributed by atoms with E-state index in [1.165, 1.54) is 11.8 Å². The van der Waals surface area contributed by atoms with Gasteiger partial charge in [-0.2, -0.15) is 0 Å². The predicted octanol–water partition coefficient (Wildman–Crippen LogP) is 2.80. The maximum Gasteiger partial charge on any atom is 0.256 e. The Labute approximate surface area is 108 Å². The van der Waals surface area contributed by atoms with Gasteiger partial charge in [0.15, 0.2) is 0 Å². The number of hydrogen-bond acceptors (Lipinski definition) is 3. The lowest BCUT2D eigenvalue weighted by Crippen LogP contribution is -2.28. The quantitative estimate of drug-likeness (QED) is 0.788. The van der Waals surface area contributed by atoms with E-state index in [4.69, 9.17) is 0 Å². The molecule has 1 aliphatic heterocycles. The Morgan fingerprint density at radius 3 is 2.81 bits per heavy atom. The van der Waals surface area contributed by atoms with Gasteiger partial charge in [-0.15, -0.1) is 11.8 Å². The molecule has 2 rings (SSSR count). The molecule has 1 amide bonds. The molecule has 1 aliphatic rings. The molecule has 0 unspecified atom stereocenters. The monoisotopic (exact) mass is 300 g/mol. The molecule has 1 aromatic heterocycles. The third kappa shape index (κ3) is 2.40. The second-order valence-corrected chi connectivity index (χ2v) is 5.42. The molecule has 0 spiro atoms. The number of rotatable bonds is 2. The summed E-state index contributed by atoms with van der Waals surface area (Å²) in [7, 11) is 0. The van der Waals surface area contributed by atoms with Gasteiger partial charge in [-0.25, -0.2) is 4.98 Å². The van der Waals surface area contributed by atoms with Crippen molar-refractivity contribution in [2.45, 2.75) is 17.9 Å². The molecule has 16 heavy (non-hydrogen) atoms. The van der Waals surface area contributed by atoms with Crippen molar-refractivity contribution in [2.24, 2.45) is 0 Å². The van der Waals surface area contributed by atoms with Crippen LogP contribution in [0.15, 0.2) is 21.8 Å². The number of carbonyl (C=O) groups is 1. The maximum atomic E-state index is 12.2. The van der Waals surface area contributed by atoms with E-state index in [1.807, 2.05) is 17.2 Å². The average molecular weight is 301 g/mol. The van der Waals surface area contributed by atoms with Gasteiger partial charge in [0, 0.05) is 23.8 Å².